The van der Waals surface area contributed by atoms with Gasteiger partial charge in [0, 0.05) is 40.2 Å². The van der Waals surface area contributed by atoms with Crippen molar-refractivity contribution < 1.29 is 51.1 Å². The van der Waals surface area contributed by atoms with Crippen LogP contribution in [0.2, 0.25) is 0 Å². The van der Waals surface area contributed by atoms with Crippen LogP contribution < -0.4 is 33.7 Å². The molecule has 4 aromatic rings. The quantitative estimate of drug-likeness (QED) is 0.0184. The van der Waals surface area contributed by atoms with E-state index in [0.29, 0.717) is 56.6 Å². The topological polar surface area (TPSA) is 177 Å². The Hall–Kier alpha value is -7.37. The summed E-state index contributed by atoms with van der Waals surface area (Å²) in [4.78, 5) is 44.8. The van der Waals surface area contributed by atoms with Crippen LogP contribution in [0.3, 0.4) is 0 Å². The van der Waals surface area contributed by atoms with Crippen LogP contribution in [0.15, 0.2) is 116 Å². The summed E-state index contributed by atoms with van der Waals surface area (Å²) in [5.74, 6) is 25.4. The first-order chi connectivity index (χ1) is 35.3. The van der Waals surface area contributed by atoms with Crippen molar-refractivity contribution in [3.05, 3.63) is 102 Å². The van der Waals surface area contributed by atoms with Gasteiger partial charge in [-0.25, -0.2) is 10.4 Å². The number of nitrogen functional groups attached to an aromatic ring is 1. The number of anilines is 1. The molecule has 0 aliphatic heterocycles. The number of esters is 2. The minimum Gasteiger partial charge on any atom is -1.00 e. The fourth-order valence-corrected chi connectivity index (χ4v) is 6.35. The molecule has 5 N–H and O–H groups in total. The number of hydrogen-bond acceptors (Lipinski definition) is 13. The molecule has 0 spiro atoms. The number of rotatable bonds is 14. The summed E-state index contributed by atoms with van der Waals surface area (Å²) < 4.78 is 25.1. The lowest BCUT2D eigenvalue weighted by Crippen LogP contribution is -3.00. The van der Waals surface area contributed by atoms with E-state index in [1.165, 1.54) is 6.07 Å². The van der Waals surface area contributed by atoms with Crippen LogP contribution in [0, 0.1) is 72.1 Å². The van der Waals surface area contributed by atoms with Gasteiger partial charge in [0.2, 0.25) is 0 Å². The van der Waals surface area contributed by atoms with Crippen LogP contribution in [0.5, 0.6) is 5.88 Å². The maximum absolute atomic E-state index is 11.8. The first kappa shape index (κ1) is 76.5. The molecule has 75 heavy (non-hydrogen) atoms. The Bertz CT molecular complexity index is 2720. The van der Waals surface area contributed by atoms with Crippen molar-refractivity contribution >= 4 is 89.7 Å². The molecular weight excluding hydrogens is 1020 g/mol. The third kappa shape index (κ3) is 40.8. The second-order valence-corrected chi connectivity index (χ2v) is 15.1. The molecule has 0 aliphatic rings. The number of thioether (sulfide) groups is 3. The molecule has 0 fully saturated rings. The average molecular weight is 1090 g/mol. The molecule has 0 aliphatic carbocycles. The Morgan fingerprint density at radius 2 is 1.21 bits per heavy atom. The van der Waals surface area contributed by atoms with E-state index < -0.39 is 0 Å². The zero-order valence-electron chi connectivity index (χ0n) is 44.7. The van der Waals surface area contributed by atoms with E-state index in [1.54, 1.807) is 69.9 Å². The van der Waals surface area contributed by atoms with Crippen molar-refractivity contribution in [3.63, 3.8) is 0 Å². The molecule has 1 heterocycles. The third-order valence-corrected chi connectivity index (χ3v) is 9.87. The van der Waals surface area contributed by atoms with Gasteiger partial charge in [0.05, 0.1) is 50.7 Å². The molecule has 4 rings (SSSR count). The van der Waals surface area contributed by atoms with Crippen LogP contribution >= 0.6 is 35.3 Å². The molecular formula is C58H69BClN4O8S3. The van der Waals surface area contributed by atoms with Gasteiger partial charge in [-0.3, -0.25) is 14.4 Å². The van der Waals surface area contributed by atoms with E-state index in [1.807, 2.05) is 99.3 Å². The SMILES string of the molecule is C#CC#CC#C.C=C=C.CC#CC#CCC#CC.CCOC(=O)CC(=Nc1ccccc1SC)OCC.CCOC(=[NH2+])CC(=O)OCC.CCOc1cc(=O)c2cccc(SC)c2[nH]1.CSc1ccccc1N.[B].[Cl-]. The number of hydrogen-bond donors (Lipinski definition) is 3. The number of aromatic nitrogens is 1. The van der Waals surface area contributed by atoms with Crippen LogP contribution in [-0.4, -0.2) is 88.9 Å². The van der Waals surface area contributed by atoms with Crippen LogP contribution in [0.1, 0.15) is 67.7 Å². The summed E-state index contributed by atoms with van der Waals surface area (Å²) >= 11 is 4.88. The van der Waals surface area contributed by atoms with E-state index in [4.69, 9.17) is 42.9 Å². The Balaban J connectivity index is -0.000000266. The third-order valence-electron chi connectivity index (χ3n) is 7.49. The van der Waals surface area contributed by atoms with E-state index in [-0.39, 0.29) is 56.9 Å². The van der Waals surface area contributed by atoms with Crippen LogP contribution in [0.25, 0.3) is 10.9 Å². The maximum atomic E-state index is 11.8. The van der Waals surface area contributed by atoms with E-state index in [2.05, 4.69) is 92.8 Å². The van der Waals surface area contributed by atoms with Gasteiger partial charge in [0.15, 0.2) is 23.6 Å². The number of pyridine rings is 1. The Labute approximate surface area is 467 Å². The van der Waals surface area contributed by atoms with E-state index in [9.17, 15) is 14.4 Å². The second kappa shape index (κ2) is 54.4. The highest BCUT2D eigenvalue weighted by Gasteiger charge is 2.12. The Morgan fingerprint density at radius 3 is 1.69 bits per heavy atom. The number of benzene rings is 3. The first-order valence-corrected chi connectivity index (χ1v) is 26.0. The average Bonchev–Trinajstić information content (AvgIpc) is 3.37. The molecule has 17 heteroatoms. The van der Waals surface area contributed by atoms with Crippen LogP contribution in [-0.2, 0) is 28.5 Å². The number of aromatic amines is 1. The van der Waals surface area contributed by atoms with Crippen molar-refractivity contribution in [1.29, 1.82) is 0 Å². The van der Waals surface area contributed by atoms with Crippen molar-refractivity contribution in [2.75, 3.05) is 57.5 Å². The van der Waals surface area contributed by atoms with E-state index >= 15 is 0 Å². The minimum absolute atomic E-state index is 0. The number of para-hydroxylation sites is 3. The maximum Gasteiger partial charge on any atom is 0.344 e. The Kier molecular flexibility index (Phi) is 55.5. The lowest BCUT2D eigenvalue weighted by molar-refractivity contribution is -0.154. The molecule has 0 saturated heterocycles. The fraction of sp³-hybridized carbons (Fsp3) is 0.310. The summed E-state index contributed by atoms with van der Waals surface area (Å²) in [5, 5.41) is 6.01. The van der Waals surface area contributed by atoms with Crippen molar-refractivity contribution in [3.8, 4) is 77.9 Å². The number of carbonyl (C=O) groups excluding carboxylic acids is 2. The predicted molar refractivity (Wildman–Crippen MR) is 313 cm³/mol. The molecule has 3 aromatic carbocycles. The lowest BCUT2D eigenvalue weighted by atomic mass is 10.2. The van der Waals surface area contributed by atoms with Gasteiger partial charge in [0.25, 0.3) is 0 Å². The molecule has 0 atom stereocenters. The van der Waals surface area contributed by atoms with Crippen molar-refractivity contribution in [1.82, 2.24) is 4.98 Å². The number of carbonyl (C=O) groups is 2. The highest BCUT2D eigenvalue weighted by molar-refractivity contribution is 7.99. The number of H-pyrrole nitrogens is 1. The summed E-state index contributed by atoms with van der Waals surface area (Å²) in [6.07, 6.45) is 16.1. The number of halogens is 1. The summed E-state index contributed by atoms with van der Waals surface area (Å²) in [5.41, 5.74) is 10.4. The van der Waals surface area contributed by atoms with Gasteiger partial charge in [-0.15, -0.1) is 59.8 Å². The van der Waals surface area contributed by atoms with Gasteiger partial charge < -0.3 is 46.8 Å². The van der Waals surface area contributed by atoms with Crippen molar-refractivity contribution in [2.45, 2.75) is 82.4 Å². The standard InChI is InChI=1S/C14H19NO3S.C12H13NO2S.C9H8.C7H13NO3.C7H9NS.C6H2.C3H4.B.ClH/c1-4-17-13(10-14(16)18-5-2)15-11-8-6-7-9-12(11)19-3;1-3-15-11-7-9(14)8-5-4-6-10(16-2)12(8)13-11;1-3-5-7-9-8-6-4-2;1-3-10-6(8)5-7(9)11-4-2;1-9-7-5-3-2-4-6(7)8;1-3-5-6-4-2;1-3-2;;/h6-9H,4-5,10H2,1-3H3;4-7H,3H2,1-2H3,(H,13,14);7H2,1-2H3;8H,3-5H2,1-2H3;2-5H,8H2,1H3;1-2H;1-2H2;;1H. The number of fused-ring (bicyclic) bond motifs is 1. The van der Waals surface area contributed by atoms with Crippen LogP contribution in [0.4, 0.5) is 11.4 Å². The van der Waals surface area contributed by atoms with Gasteiger partial charge in [-0.2, -0.15) is 0 Å². The number of nitrogens with two attached hydrogens (primary N) is 2. The van der Waals surface area contributed by atoms with E-state index in [0.717, 1.165) is 31.6 Å². The first-order valence-electron chi connectivity index (χ1n) is 22.4. The molecule has 0 saturated carbocycles. The number of nitrogens with zero attached hydrogens (tertiary/aromatic N) is 1. The number of aliphatic imine (C=N–C) groups is 1. The summed E-state index contributed by atoms with van der Waals surface area (Å²) in [7, 11) is 0. The Morgan fingerprint density at radius 1 is 0.693 bits per heavy atom. The second-order valence-electron chi connectivity index (χ2n) is 12.6. The van der Waals surface area contributed by atoms with Crippen molar-refractivity contribution in [2.24, 2.45) is 4.99 Å². The zero-order chi connectivity index (χ0) is 55.5. The molecule has 0 bridgehead atoms. The number of nitrogens with one attached hydrogen (secondary N) is 1. The smallest absolute Gasteiger partial charge is 0.344 e. The molecule has 0 amide bonds. The summed E-state index contributed by atoms with van der Waals surface area (Å²) in [6.45, 7) is 21.1. The van der Waals surface area contributed by atoms with Gasteiger partial charge in [0.1, 0.15) is 6.42 Å². The molecule has 397 valence electrons. The largest absolute Gasteiger partial charge is 1.00 e. The minimum atomic E-state index is -0.349. The monoisotopic (exact) mass is 1090 g/mol. The lowest BCUT2D eigenvalue weighted by Gasteiger charge is -2.08. The molecule has 3 radical (unpaired) electrons. The van der Waals surface area contributed by atoms with Gasteiger partial charge in [-0.05, 0) is 139 Å². The number of ether oxygens (including phenoxy) is 5. The molecule has 1 aromatic heterocycles. The highest BCUT2D eigenvalue weighted by atomic mass is 35.5. The number of terminal acetylenes is 2. The summed E-state index contributed by atoms with van der Waals surface area (Å²) in [6, 6.07) is 22.8. The fourth-order valence-electron chi connectivity index (χ4n) is 4.72. The van der Waals surface area contributed by atoms with Gasteiger partial charge >= 0.3 is 17.8 Å². The molecule has 12 nitrogen and oxygen atoms in total. The predicted octanol–water partition coefficient (Wildman–Crippen LogP) is 6.46. The zero-order valence-corrected chi connectivity index (χ0v) is 47.9. The van der Waals surface area contributed by atoms with Gasteiger partial charge in [-0.1, -0.05) is 61.3 Å². The molecule has 0 unspecified atom stereocenters. The normalized spacial score (nSPS) is 8.45. The highest BCUT2D eigenvalue weighted by Crippen LogP contribution is 2.28.